The van der Waals surface area contributed by atoms with Gasteiger partial charge in [0.25, 0.3) is 5.24 Å². The van der Waals surface area contributed by atoms with Gasteiger partial charge < -0.3 is 10.4 Å². The highest BCUT2D eigenvalue weighted by Crippen LogP contribution is 2.18. The van der Waals surface area contributed by atoms with Gasteiger partial charge in [-0.15, -0.1) is 0 Å². The third kappa shape index (κ3) is 4.06. The van der Waals surface area contributed by atoms with Crippen LogP contribution in [0.1, 0.15) is 18.1 Å². The van der Waals surface area contributed by atoms with E-state index in [1.165, 1.54) is 4.90 Å². The predicted octanol–water partition coefficient (Wildman–Crippen LogP) is 1.40. The van der Waals surface area contributed by atoms with Crippen molar-refractivity contribution in [2.75, 3.05) is 25.4 Å². The van der Waals surface area contributed by atoms with Crippen LogP contribution < -0.4 is 5.32 Å². The molecule has 1 aliphatic heterocycles. The Kier molecular flexibility index (Phi) is 5.58. The van der Waals surface area contributed by atoms with Crippen LogP contribution in [0.3, 0.4) is 0 Å². The molecule has 20 heavy (non-hydrogen) atoms. The summed E-state index contributed by atoms with van der Waals surface area (Å²) in [7, 11) is 0. The summed E-state index contributed by atoms with van der Waals surface area (Å²) in [5.41, 5.74) is 0.899. The van der Waals surface area contributed by atoms with Crippen LogP contribution in [-0.2, 0) is 4.79 Å². The number of nitrogens with zero attached hydrogens (tertiary/aromatic N) is 1. The molecule has 1 unspecified atom stereocenters. The Labute approximate surface area is 122 Å². The van der Waals surface area contributed by atoms with Crippen LogP contribution in [0.5, 0.6) is 0 Å². The van der Waals surface area contributed by atoms with E-state index in [1.807, 2.05) is 30.3 Å². The van der Waals surface area contributed by atoms with Crippen LogP contribution in [-0.4, -0.2) is 46.5 Å². The standard InChI is InChI=1S/C14H18N2O3S/c17-12(11-4-2-1-3-5-11)6-7-15-8-9-16-13(18)10-20-14(16)19/h1-5,12,15,17H,6-10H2. The second-order valence-electron chi connectivity index (χ2n) is 4.57. The molecule has 2 amide bonds. The van der Waals surface area contributed by atoms with E-state index in [1.54, 1.807) is 0 Å². The molecule has 1 aromatic rings. The van der Waals surface area contributed by atoms with E-state index in [2.05, 4.69) is 5.32 Å². The van der Waals surface area contributed by atoms with Gasteiger partial charge in [-0.1, -0.05) is 42.1 Å². The number of aliphatic hydroxyl groups excluding tert-OH is 1. The highest BCUT2D eigenvalue weighted by atomic mass is 32.2. The highest BCUT2D eigenvalue weighted by Gasteiger charge is 2.28. The molecule has 108 valence electrons. The molecular formula is C14H18N2O3S. The Morgan fingerprint density at radius 3 is 2.65 bits per heavy atom. The third-order valence-corrected chi connectivity index (χ3v) is 3.99. The number of aliphatic hydroxyl groups is 1. The molecule has 0 aliphatic carbocycles. The molecule has 2 rings (SSSR count). The zero-order valence-electron chi connectivity index (χ0n) is 11.1. The Hall–Kier alpha value is -1.37. The average Bonchev–Trinajstić information content (AvgIpc) is 2.79. The molecule has 0 radical (unpaired) electrons. The number of imide groups is 1. The molecule has 2 N–H and O–H groups in total. The Bertz CT molecular complexity index is 451. The molecule has 1 aliphatic rings. The molecule has 0 bridgehead atoms. The van der Waals surface area contributed by atoms with Gasteiger partial charge in [0.2, 0.25) is 5.91 Å². The first kappa shape index (κ1) is 15.0. The zero-order chi connectivity index (χ0) is 14.4. The second kappa shape index (κ2) is 7.42. The first-order valence-electron chi connectivity index (χ1n) is 6.59. The minimum atomic E-state index is -0.491. The van der Waals surface area contributed by atoms with Crippen molar-refractivity contribution >= 4 is 22.9 Å². The summed E-state index contributed by atoms with van der Waals surface area (Å²) in [6.07, 6.45) is 0.106. The van der Waals surface area contributed by atoms with Crippen LogP contribution >= 0.6 is 11.8 Å². The van der Waals surface area contributed by atoms with E-state index in [4.69, 9.17) is 0 Å². The molecule has 1 fully saturated rings. The molecular weight excluding hydrogens is 276 g/mol. The topological polar surface area (TPSA) is 69.6 Å². The van der Waals surface area contributed by atoms with Crippen molar-refractivity contribution in [2.45, 2.75) is 12.5 Å². The Morgan fingerprint density at radius 1 is 1.25 bits per heavy atom. The van der Waals surface area contributed by atoms with Gasteiger partial charge in [0.15, 0.2) is 0 Å². The lowest BCUT2D eigenvalue weighted by Gasteiger charge is -2.14. The maximum absolute atomic E-state index is 11.4. The van der Waals surface area contributed by atoms with Crippen LogP contribution in [0, 0.1) is 0 Å². The first-order chi connectivity index (χ1) is 9.68. The van der Waals surface area contributed by atoms with Crippen LogP contribution in [0.2, 0.25) is 0 Å². The first-order valence-corrected chi connectivity index (χ1v) is 7.58. The van der Waals surface area contributed by atoms with Crippen molar-refractivity contribution in [3.63, 3.8) is 0 Å². The van der Waals surface area contributed by atoms with E-state index in [0.717, 1.165) is 17.3 Å². The van der Waals surface area contributed by atoms with Crippen molar-refractivity contribution in [3.8, 4) is 0 Å². The van der Waals surface area contributed by atoms with E-state index < -0.39 is 6.10 Å². The Balaban J connectivity index is 1.62. The van der Waals surface area contributed by atoms with Gasteiger partial charge in [-0.05, 0) is 18.5 Å². The summed E-state index contributed by atoms with van der Waals surface area (Å²) >= 11 is 1.05. The summed E-state index contributed by atoms with van der Waals surface area (Å²) in [5.74, 6) is 0.136. The van der Waals surface area contributed by atoms with Crippen molar-refractivity contribution in [3.05, 3.63) is 35.9 Å². The molecule has 0 spiro atoms. The van der Waals surface area contributed by atoms with Gasteiger partial charge >= 0.3 is 0 Å². The van der Waals surface area contributed by atoms with Gasteiger partial charge in [0.05, 0.1) is 11.9 Å². The second-order valence-corrected chi connectivity index (χ2v) is 5.49. The van der Waals surface area contributed by atoms with Crippen molar-refractivity contribution in [1.82, 2.24) is 10.2 Å². The summed E-state index contributed by atoms with van der Waals surface area (Å²) in [6, 6.07) is 9.49. The van der Waals surface area contributed by atoms with E-state index >= 15 is 0 Å². The SMILES string of the molecule is O=C1CSC(=O)N1CCNCCC(O)c1ccccc1. The number of rotatable bonds is 7. The lowest BCUT2D eigenvalue weighted by atomic mass is 10.1. The fraction of sp³-hybridized carbons (Fsp3) is 0.429. The molecule has 1 saturated heterocycles. The molecule has 5 nitrogen and oxygen atoms in total. The van der Waals surface area contributed by atoms with Crippen molar-refractivity contribution in [2.24, 2.45) is 0 Å². The quantitative estimate of drug-likeness (QED) is 0.744. The summed E-state index contributed by atoms with van der Waals surface area (Å²) in [6.45, 7) is 1.59. The van der Waals surface area contributed by atoms with Crippen LogP contribution in [0.4, 0.5) is 4.79 Å². The van der Waals surface area contributed by atoms with Crippen molar-refractivity contribution < 1.29 is 14.7 Å². The van der Waals surface area contributed by atoms with Gasteiger partial charge in [-0.3, -0.25) is 14.5 Å². The fourth-order valence-corrected chi connectivity index (χ4v) is 2.75. The third-order valence-electron chi connectivity index (χ3n) is 3.13. The number of hydrogen-bond donors (Lipinski definition) is 2. The number of carbonyl (C=O) groups excluding carboxylic acids is 2. The van der Waals surface area contributed by atoms with Crippen LogP contribution in [0.25, 0.3) is 0 Å². The summed E-state index contributed by atoms with van der Waals surface area (Å²) in [5, 5.41) is 12.9. The number of hydrogen-bond acceptors (Lipinski definition) is 5. The van der Waals surface area contributed by atoms with Gasteiger partial charge in [-0.2, -0.15) is 0 Å². The number of carbonyl (C=O) groups is 2. The molecule has 6 heteroatoms. The highest BCUT2D eigenvalue weighted by molar-refractivity contribution is 8.14. The van der Waals surface area contributed by atoms with E-state index in [9.17, 15) is 14.7 Å². The van der Waals surface area contributed by atoms with Crippen molar-refractivity contribution in [1.29, 1.82) is 0 Å². The molecule has 1 aromatic carbocycles. The number of benzene rings is 1. The minimum absolute atomic E-state index is 0.119. The largest absolute Gasteiger partial charge is 0.388 e. The lowest BCUT2D eigenvalue weighted by molar-refractivity contribution is -0.124. The van der Waals surface area contributed by atoms with Gasteiger partial charge in [0.1, 0.15) is 0 Å². The maximum atomic E-state index is 11.4. The van der Waals surface area contributed by atoms with Gasteiger partial charge in [0, 0.05) is 13.1 Å². The summed E-state index contributed by atoms with van der Waals surface area (Å²) < 4.78 is 0. The maximum Gasteiger partial charge on any atom is 0.288 e. The minimum Gasteiger partial charge on any atom is -0.388 e. The van der Waals surface area contributed by atoms with Gasteiger partial charge in [-0.25, -0.2) is 0 Å². The molecule has 0 saturated carbocycles. The zero-order valence-corrected chi connectivity index (χ0v) is 11.9. The lowest BCUT2D eigenvalue weighted by Crippen LogP contribution is -2.35. The number of thioether (sulfide) groups is 1. The van der Waals surface area contributed by atoms with Crippen LogP contribution in [0.15, 0.2) is 30.3 Å². The smallest absolute Gasteiger partial charge is 0.288 e. The fourth-order valence-electron chi connectivity index (χ4n) is 1.99. The number of nitrogens with one attached hydrogen (secondary N) is 1. The molecule has 0 aromatic heterocycles. The average molecular weight is 294 g/mol. The van der Waals surface area contributed by atoms with E-state index in [0.29, 0.717) is 26.1 Å². The molecule has 1 heterocycles. The normalized spacial score (nSPS) is 16.8. The Morgan fingerprint density at radius 2 is 2.00 bits per heavy atom. The predicted molar refractivity (Wildman–Crippen MR) is 78.5 cm³/mol. The van der Waals surface area contributed by atoms with E-state index in [-0.39, 0.29) is 16.9 Å². The molecule has 1 atom stereocenters. The summed E-state index contributed by atoms with van der Waals surface area (Å²) in [4.78, 5) is 24.0. The number of amides is 2. The monoisotopic (exact) mass is 294 g/mol.